The number of phenols is 2. The van der Waals surface area contributed by atoms with E-state index in [1.807, 2.05) is 6.07 Å². The maximum absolute atomic E-state index is 13.4. The zero-order chi connectivity index (χ0) is 20.3. The maximum Gasteiger partial charge on any atom is 0.315 e. The fourth-order valence-corrected chi connectivity index (χ4v) is 3.21. The average Bonchev–Trinajstić information content (AvgIpc) is 2.68. The van der Waals surface area contributed by atoms with Crippen LogP contribution in [0.4, 0.5) is 15.8 Å². The number of hydrogen-bond acceptors (Lipinski definition) is 7. The van der Waals surface area contributed by atoms with Crippen molar-refractivity contribution in [2.24, 2.45) is 0 Å². The molecule has 3 rings (SSSR count). The van der Waals surface area contributed by atoms with E-state index in [9.17, 15) is 29.5 Å². The Morgan fingerprint density at radius 1 is 1.14 bits per heavy atom. The molecule has 8 nitrogen and oxygen atoms in total. The van der Waals surface area contributed by atoms with E-state index < -0.39 is 22.1 Å². The number of piperazine rings is 1. The number of rotatable bonds is 6. The SMILES string of the molecule is O=C(CCN1CCN(c2cccc(F)c2)CC1)c1cc(O)c(O)c([N+](=O)[O-])c1. The van der Waals surface area contributed by atoms with Crippen molar-refractivity contribution < 1.29 is 24.3 Å². The van der Waals surface area contributed by atoms with Gasteiger partial charge in [0, 0.05) is 56.5 Å². The number of nitro groups is 1. The highest BCUT2D eigenvalue weighted by molar-refractivity contribution is 5.97. The number of halogens is 1. The van der Waals surface area contributed by atoms with Crippen LogP contribution >= 0.6 is 0 Å². The van der Waals surface area contributed by atoms with E-state index in [-0.39, 0.29) is 23.6 Å². The Hall–Kier alpha value is -3.20. The van der Waals surface area contributed by atoms with Crippen molar-refractivity contribution in [1.82, 2.24) is 4.90 Å². The van der Waals surface area contributed by atoms with Crippen molar-refractivity contribution in [2.75, 3.05) is 37.6 Å². The van der Waals surface area contributed by atoms with E-state index in [1.54, 1.807) is 6.07 Å². The van der Waals surface area contributed by atoms with Crippen LogP contribution in [0.25, 0.3) is 0 Å². The van der Waals surface area contributed by atoms with E-state index in [0.717, 1.165) is 17.8 Å². The van der Waals surface area contributed by atoms with Crippen LogP contribution < -0.4 is 4.90 Å². The molecular weight excluding hydrogens is 369 g/mol. The Morgan fingerprint density at radius 3 is 2.50 bits per heavy atom. The predicted octanol–water partition coefficient (Wildman–Crippen LogP) is 2.54. The van der Waals surface area contributed by atoms with E-state index in [0.29, 0.717) is 32.7 Å². The molecule has 1 aliphatic heterocycles. The molecule has 1 fully saturated rings. The number of ketones is 1. The van der Waals surface area contributed by atoms with Gasteiger partial charge in [0.2, 0.25) is 5.75 Å². The summed E-state index contributed by atoms with van der Waals surface area (Å²) in [5.41, 5.74) is 0.107. The third kappa shape index (κ3) is 4.37. The molecule has 0 aliphatic carbocycles. The Balaban J connectivity index is 1.55. The van der Waals surface area contributed by atoms with E-state index in [4.69, 9.17) is 0 Å². The number of Topliss-reactive ketones (excluding diaryl/α,β-unsaturated/α-hetero) is 1. The van der Waals surface area contributed by atoms with Crippen molar-refractivity contribution in [2.45, 2.75) is 6.42 Å². The smallest absolute Gasteiger partial charge is 0.315 e. The van der Waals surface area contributed by atoms with Crippen LogP contribution in [0, 0.1) is 15.9 Å². The van der Waals surface area contributed by atoms with Crippen LogP contribution in [0.1, 0.15) is 16.8 Å². The Kier molecular flexibility index (Phi) is 5.74. The standard InChI is InChI=1S/C19H20FN3O5/c20-14-2-1-3-15(12-14)22-8-6-21(7-9-22)5-4-17(24)13-10-16(23(27)28)19(26)18(25)11-13/h1-3,10-12,25-26H,4-9H2. The molecule has 2 aromatic carbocycles. The lowest BCUT2D eigenvalue weighted by Crippen LogP contribution is -2.46. The van der Waals surface area contributed by atoms with Gasteiger partial charge in [-0.25, -0.2) is 4.39 Å². The predicted molar refractivity (Wildman–Crippen MR) is 100 cm³/mol. The molecule has 2 aromatic rings. The average molecular weight is 389 g/mol. The summed E-state index contributed by atoms with van der Waals surface area (Å²) < 4.78 is 13.4. The van der Waals surface area contributed by atoms with E-state index >= 15 is 0 Å². The molecule has 0 bridgehead atoms. The monoisotopic (exact) mass is 389 g/mol. The van der Waals surface area contributed by atoms with Crippen molar-refractivity contribution in [3.05, 3.63) is 57.9 Å². The fourth-order valence-electron chi connectivity index (χ4n) is 3.21. The summed E-state index contributed by atoms with van der Waals surface area (Å²) in [6.45, 7) is 3.26. The number of hydrogen-bond donors (Lipinski definition) is 2. The number of anilines is 1. The first kappa shape index (κ1) is 19.6. The van der Waals surface area contributed by atoms with Gasteiger partial charge in [-0.05, 0) is 24.3 Å². The van der Waals surface area contributed by atoms with Crippen molar-refractivity contribution in [3.63, 3.8) is 0 Å². The van der Waals surface area contributed by atoms with Crippen molar-refractivity contribution >= 4 is 17.2 Å². The minimum atomic E-state index is -0.852. The van der Waals surface area contributed by atoms with Gasteiger partial charge in [-0.2, -0.15) is 0 Å². The van der Waals surface area contributed by atoms with Crippen LogP contribution in [-0.2, 0) is 0 Å². The first-order chi connectivity index (χ1) is 13.3. The molecule has 2 N–H and O–H groups in total. The molecule has 1 aliphatic rings. The van der Waals surface area contributed by atoms with Gasteiger partial charge in [0.25, 0.3) is 0 Å². The molecule has 148 valence electrons. The molecule has 0 unspecified atom stereocenters. The second-order valence-electron chi connectivity index (χ2n) is 6.60. The topological polar surface area (TPSA) is 107 Å². The zero-order valence-electron chi connectivity index (χ0n) is 15.0. The number of carbonyl (C=O) groups is 1. The van der Waals surface area contributed by atoms with Crippen LogP contribution in [0.5, 0.6) is 11.5 Å². The van der Waals surface area contributed by atoms with Crippen LogP contribution in [0.15, 0.2) is 36.4 Å². The van der Waals surface area contributed by atoms with Gasteiger partial charge in [-0.1, -0.05) is 6.07 Å². The highest BCUT2D eigenvalue weighted by atomic mass is 19.1. The second-order valence-corrected chi connectivity index (χ2v) is 6.60. The lowest BCUT2D eigenvalue weighted by Gasteiger charge is -2.36. The Morgan fingerprint density at radius 2 is 1.86 bits per heavy atom. The largest absolute Gasteiger partial charge is 0.504 e. The first-order valence-corrected chi connectivity index (χ1v) is 8.81. The number of aromatic hydroxyl groups is 2. The molecule has 9 heteroatoms. The minimum absolute atomic E-state index is 0.0135. The first-order valence-electron chi connectivity index (χ1n) is 8.81. The summed E-state index contributed by atoms with van der Waals surface area (Å²) in [7, 11) is 0. The highest BCUT2D eigenvalue weighted by Gasteiger charge is 2.23. The molecule has 0 radical (unpaired) electrons. The third-order valence-electron chi connectivity index (χ3n) is 4.79. The minimum Gasteiger partial charge on any atom is -0.504 e. The zero-order valence-corrected chi connectivity index (χ0v) is 15.0. The fraction of sp³-hybridized carbons (Fsp3) is 0.316. The Bertz CT molecular complexity index is 897. The molecule has 0 aromatic heterocycles. The highest BCUT2D eigenvalue weighted by Crippen LogP contribution is 2.36. The summed E-state index contributed by atoms with van der Waals surface area (Å²) in [6.07, 6.45) is 0.126. The third-order valence-corrected chi connectivity index (χ3v) is 4.79. The molecule has 0 spiro atoms. The second kappa shape index (κ2) is 8.22. The van der Waals surface area contributed by atoms with Crippen LogP contribution in [0.2, 0.25) is 0 Å². The maximum atomic E-state index is 13.4. The van der Waals surface area contributed by atoms with Crippen molar-refractivity contribution in [1.29, 1.82) is 0 Å². The number of benzene rings is 2. The summed E-state index contributed by atoms with van der Waals surface area (Å²) in [4.78, 5) is 26.6. The molecular formula is C19H20FN3O5. The molecule has 1 saturated heterocycles. The lowest BCUT2D eigenvalue weighted by molar-refractivity contribution is -0.386. The van der Waals surface area contributed by atoms with E-state index in [2.05, 4.69) is 9.80 Å². The van der Waals surface area contributed by atoms with Crippen LogP contribution in [0.3, 0.4) is 0 Å². The number of phenolic OH excluding ortho intramolecular Hbond substituents is 2. The van der Waals surface area contributed by atoms with Crippen molar-refractivity contribution in [3.8, 4) is 11.5 Å². The number of nitrogens with zero attached hydrogens (tertiary/aromatic N) is 3. The number of nitro benzene ring substituents is 1. The summed E-state index contributed by atoms with van der Waals surface area (Å²) in [6, 6.07) is 8.42. The van der Waals surface area contributed by atoms with Gasteiger partial charge in [0.15, 0.2) is 11.5 Å². The summed E-state index contributed by atoms with van der Waals surface area (Å²) >= 11 is 0. The van der Waals surface area contributed by atoms with Gasteiger partial charge in [0.05, 0.1) is 4.92 Å². The molecule has 1 heterocycles. The van der Waals surface area contributed by atoms with Gasteiger partial charge in [0.1, 0.15) is 5.82 Å². The molecule has 0 amide bonds. The Labute approximate surface area is 160 Å². The number of carbonyl (C=O) groups excluding carboxylic acids is 1. The van der Waals surface area contributed by atoms with Gasteiger partial charge >= 0.3 is 5.69 Å². The van der Waals surface area contributed by atoms with Gasteiger partial charge < -0.3 is 15.1 Å². The normalized spacial score (nSPS) is 14.8. The van der Waals surface area contributed by atoms with E-state index in [1.165, 1.54) is 12.1 Å². The van der Waals surface area contributed by atoms with Crippen LogP contribution in [-0.4, -0.2) is 58.5 Å². The molecule has 28 heavy (non-hydrogen) atoms. The molecule has 0 saturated carbocycles. The van der Waals surface area contributed by atoms with Gasteiger partial charge in [-0.15, -0.1) is 0 Å². The quantitative estimate of drug-likeness (QED) is 0.338. The lowest BCUT2D eigenvalue weighted by atomic mass is 10.1. The van der Waals surface area contributed by atoms with Gasteiger partial charge in [-0.3, -0.25) is 19.8 Å². The summed E-state index contributed by atoms with van der Waals surface area (Å²) in [5.74, 6) is -2.18. The summed E-state index contributed by atoms with van der Waals surface area (Å²) in [5, 5.41) is 30.0. The molecule has 0 atom stereocenters.